The van der Waals surface area contributed by atoms with Crippen LogP contribution in [0.4, 0.5) is 5.69 Å². The molecule has 0 fully saturated rings. The third-order valence-electron chi connectivity index (χ3n) is 5.11. The maximum Gasteiger partial charge on any atom is 0.278 e. The summed E-state index contributed by atoms with van der Waals surface area (Å²) in [7, 11) is 0. The van der Waals surface area contributed by atoms with E-state index in [0.717, 1.165) is 22.3 Å². The predicted octanol–water partition coefficient (Wildman–Crippen LogP) is 4.88. The molecule has 2 aromatic carbocycles. The molecular weight excluding hydrogens is 400 g/mol. The lowest BCUT2D eigenvalue weighted by Crippen LogP contribution is -2.35. The second-order valence-corrected chi connectivity index (χ2v) is 8.19. The van der Waals surface area contributed by atoms with Crippen LogP contribution in [-0.4, -0.2) is 36.0 Å². The summed E-state index contributed by atoms with van der Waals surface area (Å²) in [5, 5.41) is 3.78. The lowest BCUT2D eigenvalue weighted by atomic mass is 9.97. The van der Waals surface area contributed by atoms with Crippen LogP contribution in [-0.2, 0) is 14.3 Å². The van der Waals surface area contributed by atoms with Gasteiger partial charge in [-0.3, -0.25) is 14.5 Å². The number of nitrogens with zero attached hydrogens (tertiary/aromatic N) is 1. The zero-order chi connectivity index (χ0) is 22.0. The fraction of sp³-hybridized carbons (Fsp3) is 0.333. The topological polar surface area (TPSA) is 58.6 Å². The van der Waals surface area contributed by atoms with E-state index in [1.54, 1.807) is 6.07 Å². The first-order valence-electron chi connectivity index (χ1n) is 10.0. The fourth-order valence-corrected chi connectivity index (χ4v) is 3.67. The molecule has 0 aromatic heterocycles. The first-order valence-corrected chi connectivity index (χ1v) is 10.4. The lowest BCUT2D eigenvalue weighted by molar-refractivity contribution is -0.137. The summed E-state index contributed by atoms with van der Waals surface area (Å²) in [6, 6.07) is 11.3. The fourth-order valence-electron chi connectivity index (χ4n) is 3.50. The van der Waals surface area contributed by atoms with Gasteiger partial charge < -0.3 is 10.1 Å². The van der Waals surface area contributed by atoms with Crippen LogP contribution in [0, 0.1) is 20.8 Å². The Labute approximate surface area is 182 Å². The Morgan fingerprint density at radius 2 is 1.80 bits per heavy atom. The minimum atomic E-state index is -0.360. The van der Waals surface area contributed by atoms with Gasteiger partial charge in [-0.1, -0.05) is 41.4 Å². The molecule has 1 N–H and O–H groups in total. The number of hydrogen-bond donors (Lipinski definition) is 1. The highest BCUT2D eigenvalue weighted by atomic mass is 35.5. The van der Waals surface area contributed by atoms with E-state index in [0.29, 0.717) is 22.9 Å². The summed E-state index contributed by atoms with van der Waals surface area (Å²) in [6.07, 6.45) is 0.0243. The summed E-state index contributed by atoms with van der Waals surface area (Å²) in [5.41, 5.74) is 4.93. The van der Waals surface area contributed by atoms with E-state index in [1.807, 2.05) is 65.0 Å². The van der Waals surface area contributed by atoms with Crippen molar-refractivity contribution in [1.82, 2.24) is 4.90 Å². The molecule has 0 bridgehead atoms. The van der Waals surface area contributed by atoms with E-state index in [2.05, 4.69) is 5.32 Å². The zero-order valence-electron chi connectivity index (χ0n) is 18.0. The summed E-state index contributed by atoms with van der Waals surface area (Å²) in [6.45, 7) is 10.1. The molecule has 30 heavy (non-hydrogen) atoms. The third kappa shape index (κ3) is 4.42. The van der Waals surface area contributed by atoms with Crippen molar-refractivity contribution in [2.24, 2.45) is 0 Å². The third-order valence-corrected chi connectivity index (χ3v) is 5.52. The van der Waals surface area contributed by atoms with Crippen LogP contribution < -0.4 is 5.32 Å². The van der Waals surface area contributed by atoms with Gasteiger partial charge in [-0.25, -0.2) is 0 Å². The Morgan fingerprint density at radius 1 is 1.07 bits per heavy atom. The van der Waals surface area contributed by atoms with E-state index < -0.39 is 0 Å². The van der Waals surface area contributed by atoms with Gasteiger partial charge >= 0.3 is 0 Å². The summed E-state index contributed by atoms with van der Waals surface area (Å²) in [5.74, 6) is -0.678. The van der Waals surface area contributed by atoms with Gasteiger partial charge in [0.2, 0.25) is 0 Å². The molecule has 1 aliphatic heterocycles. The number of halogens is 1. The van der Waals surface area contributed by atoms with Crippen LogP contribution in [0.15, 0.2) is 42.1 Å². The smallest absolute Gasteiger partial charge is 0.278 e. The van der Waals surface area contributed by atoms with Crippen molar-refractivity contribution in [2.75, 3.05) is 18.5 Å². The second kappa shape index (κ2) is 9.02. The van der Waals surface area contributed by atoms with Gasteiger partial charge in [-0.2, -0.15) is 0 Å². The predicted molar refractivity (Wildman–Crippen MR) is 120 cm³/mol. The molecule has 0 saturated heterocycles. The molecule has 0 aliphatic carbocycles. The number of aryl methyl sites for hydroxylation is 2. The van der Waals surface area contributed by atoms with E-state index in [1.165, 1.54) is 4.90 Å². The molecule has 6 heteroatoms. The summed E-state index contributed by atoms with van der Waals surface area (Å²) < 4.78 is 5.57. The Balaban J connectivity index is 2.05. The first-order chi connectivity index (χ1) is 14.2. The molecule has 0 unspecified atom stereocenters. The standard InChI is InChI=1S/C24H27ClN2O3/c1-14(2)30-12-11-27-23(28)21(18-10-9-15(3)13-16(18)4)22(24(27)29)26-20-8-6-7-19(25)17(20)5/h6-10,13-14,26H,11-12H2,1-5H3. The maximum absolute atomic E-state index is 13.3. The molecule has 0 radical (unpaired) electrons. The number of hydrogen-bond acceptors (Lipinski definition) is 4. The normalized spacial score (nSPS) is 14.3. The minimum Gasteiger partial charge on any atom is -0.377 e. The average molecular weight is 427 g/mol. The molecule has 0 atom stereocenters. The average Bonchev–Trinajstić information content (AvgIpc) is 2.90. The van der Waals surface area contributed by atoms with Crippen molar-refractivity contribution >= 4 is 34.7 Å². The number of imide groups is 1. The zero-order valence-corrected chi connectivity index (χ0v) is 18.8. The van der Waals surface area contributed by atoms with Crippen LogP contribution in [0.5, 0.6) is 0 Å². The maximum atomic E-state index is 13.3. The van der Waals surface area contributed by atoms with Gasteiger partial charge in [0.25, 0.3) is 11.8 Å². The van der Waals surface area contributed by atoms with Gasteiger partial charge in [-0.15, -0.1) is 0 Å². The number of benzene rings is 2. The molecule has 2 amide bonds. The van der Waals surface area contributed by atoms with E-state index >= 15 is 0 Å². The van der Waals surface area contributed by atoms with E-state index in [9.17, 15) is 9.59 Å². The van der Waals surface area contributed by atoms with Gasteiger partial charge in [-0.05, 0) is 63.4 Å². The Morgan fingerprint density at radius 3 is 2.47 bits per heavy atom. The highest BCUT2D eigenvalue weighted by molar-refractivity contribution is 6.37. The minimum absolute atomic E-state index is 0.0243. The number of amides is 2. The molecule has 158 valence electrons. The molecule has 0 spiro atoms. The van der Waals surface area contributed by atoms with Crippen LogP contribution in [0.3, 0.4) is 0 Å². The highest BCUT2D eigenvalue weighted by Crippen LogP contribution is 2.34. The molecule has 1 heterocycles. The molecule has 2 aromatic rings. The van der Waals surface area contributed by atoms with Crippen molar-refractivity contribution < 1.29 is 14.3 Å². The molecule has 5 nitrogen and oxygen atoms in total. The summed E-state index contributed by atoms with van der Waals surface area (Å²) in [4.78, 5) is 27.8. The van der Waals surface area contributed by atoms with E-state index in [4.69, 9.17) is 16.3 Å². The SMILES string of the molecule is Cc1ccc(C2=C(Nc3cccc(Cl)c3C)C(=O)N(CCOC(C)C)C2=O)c(C)c1. The summed E-state index contributed by atoms with van der Waals surface area (Å²) >= 11 is 6.25. The van der Waals surface area contributed by atoms with Gasteiger partial charge in [0, 0.05) is 10.7 Å². The van der Waals surface area contributed by atoms with Crippen molar-refractivity contribution in [3.05, 3.63) is 69.4 Å². The van der Waals surface area contributed by atoms with Gasteiger partial charge in [0.1, 0.15) is 5.70 Å². The molecule has 0 saturated carbocycles. The van der Waals surface area contributed by atoms with Crippen molar-refractivity contribution in [1.29, 1.82) is 0 Å². The highest BCUT2D eigenvalue weighted by Gasteiger charge is 2.39. The monoisotopic (exact) mass is 426 g/mol. The van der Waals surface area contributed by atoms with Crippen LogP contribution in [0.2, 0.25) is 5.02 Å². The van der Waals surface area contributed by atoms with Crippen LogP contribution >= 0.6 is 11.6 Å². The number of rotatable bonds is 7. The molecular formula is C24H27ClN2O3. The Hall–Kier alpha value is -2.63. The van der Waals surface area contributed by atoms with Crippen LogP contribution in [0.25, 0.3) is 5.57 Å². The second-order valence-electron chi connectivity index (χ2n) is 7.79. The van der Waals surface area contributed by atoms with Gasteiger partial charge in [0.15, 0.2) is 0 Å². The first kappa shape index (κ1) is 22.1. The number of anilines is 1. The number of nitrogens with one attached hydrogen (secondary N) is 1. The van der Waals surface area contributed by atoms with Gasteiger partial charge in [0.05, 0.1) is 24.8 Å². The van der Waals surface area contributed by atoms with E-state index in [-0.39, 0.29) is 30.2 Å². The molecule has 1 aliphatic rings. The number of ether oxygens (including phenoxy) is 1. The number of carbonyl (C=O) groups excluding carboxylic acids is 2. The van der Waals surface area contributed by atoms with Crippen molar-refractivity contribution in [3.8, 4) is 0 Å². The van der Waals surface area contributed by atoms with Crippen LogP contribution in [0.1, 0.15) is 36.1 Å². The van der Waals surface area contributed by atoms with Crippen molar-refractivity contribution in [3.63, 3.8) is 0 Å². The Kier molecular flexibility index (Phi) is 6.64. The largest absolute Gasteiger partial charge is 0.377 e. The Bertz CT molecular complexity index is 1030. The quantitative estimate of drug-likeness (QED) is 0.641. The lowest BCUT2D eigenvalue weighted by Gasteiger charge is -2.17. The van der Waals surface area contributed by atoms with Crippen molar-refractivity contribution in [2.45, 2.75) is 40.7 Å². The molecule has 3 rings (SSSR count). The number of carbonyl (C=O) groups is 2.